The average Bonchev–Trinajstić information content (AvgIpc) is 3.17. The number of amides is 1. The summed E-state index contributed by atoms with van der Waals surface area (Å²) in [6.45, 7) is 7.90. The highest BCUT2D eigenvalue weighted by molar-refractivity contribution is 9.10. The van der Waals surface area contributed by atoms with E-state index in [1.54, 1.807) is 10.6 Å². The Morgan fingerprint density at radius 1 is 1.10 bits per heavy atom. The van der Waals surface area contributed by atoms with Crippen LogP contribution in [0.25, 0.3) is 11.3 Å². The van der Waals surface area contributed by atoms with Crippen LogP contribution in [0.4, 0.5) is 0 Å². The Morgan fingerprint density at radius 2 is 1.83 bits per heavy atom. The highest BCUT2D eigenvalue weighted by Crippen LogP contribution is 2.21. The molecule has 0 aliphatic heterocycles. The number of hydrogen-bond donors (Lipinski definition) is 1. The normalized spacial score (nSPS) is 11.5. The second-order valence-electron chi connectivity index (χ2n) is 7.32. The lowest BCUT2D eigenvalue weighted by Crippen LogP contribution is -2.20. The van der Waals surface area contributed by atoms with Gasteiger partial charge >= 0.3 is 0 Å². The van der Waals surface area contributed by atoms with Gasteiger partial charge in [0.25, 0.3) is 5.91 Å². The monoisotopic (exact) mass is 463 g/mol. The van der Waals surface area contributed by atoms with Crippen molar-refractivity contribution in [3.8, 4) is 5.69 Å². The Kier molecular flexibility index (Phi) is 5.30. The molecule has 0 saturated carbocycles. The Morgan fingerprint density at radius 3 is 2.57 bits per heavy atom. The lowest BCUT2D eigenvalue weighted by atomic mass is 10.2. The quantitative estimate of drug-likeness (QED) is 0.346. The molecule has 0 aliphatic rings. The molecule has 0 atom stereocenters. The minimum Gasteiger partial charge on any atom is -0.318 e. The van der Waals surface area contributed by atoms with Gasteiger partial charge in [0, 0.05) is 33.3 Å². The first-order valence-electron chi connectivity index (χ1n) is 9.59. The lowest BCUT2D eigenvalue weighted by molar-refractivity contribution is 0.0948. The van der Waals surface area contributed by atoms with Gasteiger partial charge in [-0.05, 0) is 69.7 Å². The smallest absolute Gasteiger partial charge is 0.290 e. The molecule has 0 saturated heterocycles. The van der Waals surface area contributed by atoms with Crippen molar-refractivity contribution >= 4 is 33.7 Å². The van der Waals surface area contributed by atoms with Gasteiger partial charge in [0.15, 0.2) is 0 Å². The summed E-state index contributed by atoms with van der Waals surface area (Å²) in [5.41, 5.74) is 9.76. The van der Waals surface area contributed by atoms with Crippen molar-refractivity contribution < 1.29 is 4.79 Å². The van der Waals surface area contributed by atoms with Crippen molar-refractivity contribution in [2.75, 3.05) is 0 Å². The molecule has 0 radical (unpaired) electrons. The average molecular weight is 464 g/mol. The van der Waals surface area contributed by atoms with E-state index < -0.39 is 0 Å². The van der Waals surface area contributed by atoms with E-state index in [0.717, 1.165) is 38.3 Å². The second kappa shape index (κ2) is 7.91. The minimum absolute atomic E-state index is 0.288. The Hall–Kier alpha value is -3.19. The molecule has 0 fully saturated rings. The predicted octanol–water partition coefficient (Wildman–Crippen LogP) is 4.89. The summed E-state index contributed by atoms with van der Waals surface area (Å²) < 4.78 is 5.00. The Labute approximate surface area is 183 Å². The van der Waals surface area contributed by atoms with E-state index in [1.165, 1.54) is 0 Å². The molecule has 30 heavy (non-hydrogen) atoms. The third-order valence-corrected chi connectivity index (χ3v) is 5.61. The summed E-state index contributed by atoms with van der Waals surface area (Å²) in [5.74, 6) is -0.288. The molecule has 1 amide bonds. The number of hydrogen-bond acceptors (Lipinski definition) is 3. The topological polar surface area (TPSA) is 63.7 Å². The van der Waals surface area contributed by atoms with Crippen LogP contribution >= 0.6 is 15.9 Å². The molecule has 4 rings (SSSR count). The van der Waals surface area contributed by atoms with Crippen LogP contribution in [0.2, 0.25) is 0 Å². The van der Waals surface area contributed by atoms with E-state index in [2.05, 4.69) is 61.1 Å². The molecular formula is C23H22BrN5O. The van der Waals surface area contributed by atoms with Gasteiger partial charge < -0.3 is 4.57 Å². The van der Waals surface area contributed by atoms with E-state index in [4.69, 9.17) is 0 Å². The maximum absolute atomic E-state index is 12.8. The number of carbonyl (C=O) groups excluding carboxylic acids is 1. The van der Waals surface area contributed by atoms with Gasteiger partial charge in [-0.3, -0.25) is 9.20 Å². The number of pyridine rings is 1. The van der Waals surface area contributed by atoms with E-state index in [-0.39, 0.29) is 5.91 Å². The van der Waals surface area contributed by atoms with E-state index in [9.17, 15) is 4.79 Å². The molecular weight excluding hydrogens is 442 g/mol. The number of carbonyl (C=O) groups is 1. The van der Waals surface area contributed by atoms with Crippen molar-refractivity contribution in [3.05, 3.63) is 87.0 Å². The molecule has 6 nitrogen and oxygen atoms in total. The molecule has 0 aliphatic carbocycles. The molecule has 7 heteroatoms. The third-order valence-electron chi connectivity index (χ3n) is 5.08. The lowest BCUT2D eigenvalue weighted by Gasteiger charge is -2.09. The van der Waals surface area contributed by atoms with Crippen LogP contribution in [0, 0.1) is 27.7 Å². The molecule has 1 N–H and O–H groups in total. The summed E-state index contributed by atoms with van der Waals surface area (Å²) in [7, 11) is 0. The van der Waals surface area contributed by atoms with Crippen LogP contribution < -0.4 is 5.43 Å². The molecule has 3 aromatic heterocycles. The molecule has 1 aromatic carbocycles. The zero-order chi connectivity index (χ0) is 21.4. The molecule has 152 valence electrons. The number of imidazole rings is 1. The highest BCUT2D eigenvalue weighted by atomic mass is 79.9. The molecule has 0 unspecified atom stereocenters. The number of fused-ring (bicyclic) bond motifs is 1. The molecule has 3 heterocycles. The maximum atomic E-state index is 12.8. The van der Waals surface area contributed by atoms with E-state index >= 15 is 0 Å². The summed E-state index contributed by atoms with van der Waals surface area (Å²) in [4.78, 5) is 17.2. The first-order chi connectivity index (χ1) is 14.3. The Balaban J connectivity index is 1.58. The fourth-order valence-electron chi connectivity index (χ4n) is 3.66. The van der Waals surface area contributed by atoms with Gasteiger partial charge in [0.05, 0.1) is 11.9 Å². The SMILES string of the molecule is Cc1ccc2nc(C)c(C(=O)N/N=C\c3cc(C)n(-c4ccc(Br)cc4)c3C)n2c1. The van der Waals surface area contributed by atoms with E-state index in [0.29, 0.717) is 11.4 Å². The van der Waals surface area contributed by atoms with Crippen molar-refractivity contribution in [2.45, 2.75) is 27.7 Å². The van der Waals surface area contributed by atoms with Crippen LogP contribution in [0.1, 0.15) is 38.7 Å². The largest absolute Gasteiger partial charge is 0.318 e. The fraction of sp³-hybridized carbons (Fsp3) is 0.174. The number of aryl methyl sites for hydroxylation is 3. The van der Waals surface area contributed by atoms with Crippen molar-refractivity contribution in [3.63, 3.8) is 0 Å². The molecule has 0 spiro atoms. The highest BCUT2D eigenvalue weighted by Gasteiger charge is 2.16. The fourth-order valence-corrected chi connectivity index (χ4v) is 3.93. The maximum Gasteiger partial charge on any atom is 0.290 e. The van der Waals surface area contributed by atoms with Crippen LogP contribution in [-0.2, 0) is 0 Å². The second-order valence-corrected chi connectivity index (χ2v) is 8.23. The zero-order valence-corrected chi connectivity index (χ0v) is 18.9. The number of nitrogens with one attached hydrogen (secondary N) is 1. The number of benzene rings is 1. The number of rotatable bonds is 4. The predicted molar refractivity (Wildman–Crippen MR) is 123 cm³/mol. The van der Waals surface area contributed by atoms with Crippen molar-refractivity contribution in [1.82, 2.24) is 19.4 Å². The number of halogens is 1. The summed E-state index contributed by atoms with van der Waals surface area (Å²) in [6.07, 6.45) is 3.58. The van der Waals surface area contributed by atoms with Gasteiger partial charge in [-0.15, -0.1) is 0 Å². The number of nitrogens with zero attached hydrogens (tertiary/aromatic N) is 4. The first kappa shape index (κ1) is 20.1. The molecule has 4 aromatic rings. The summed E-state index contributed by atoms with van der Waals surface area (Å²) in [5, 5.41) is 4.20. The number of hydrazone groups is 1. The minimum atomic E-state index is -0.288. The Bertz CT molecular complexity index is 1280. The van der Waals surface area contributed by atoms with Crippen LogP contribution in [-0.4, -0.2) is 26.1 Å². The summed E-state index contributed by atoms with van der Waals surface area (Å²) >= 11 is 3.47. The third kappa shape index (κ3) is 3.68. The van der Waals surface area contributed by atoms with Gasteiger partial charge in [-0.1, -0.05) is 22.0 Å². The van der Waals surface area contributed by atoms with Crippen LogP contribution in [0.3, 0.4) is 0 Å². The standard InChI is InChI=1S/C23H22BrN5O/c1-14-5-10-21-26-16(3)22(28(21)13-14)23(30)27-25-12-18-11-15(2)29(17(18)4)20-8-6-19(24)7-9-20/h5-13H,1-4H3,(H,27,30)/b25-12-. The van der Waals surface area contributed by atoms with Gasteiger partial charge in [-0.2, -0.15) is 5.10 Å². The summed E-state index contributed by atoms with van der Waals surface area (Å²) in [6, 6.07) is 14.1. The van der Waals surface area contributed by atoms with Crippen LogP contribution in [0.15, 0.2) is 58.2 Å². The van der Waals surface area contributed by atoms with Gasteiger partial charge in [-0.25, -0.2) is 10.4 Å². The van der Waals surface area contributed by atoms with Crippen molar-refractivity contribution in [2.24, 2.45) is 5.10 Å². The van der Waals surface area contributed by atoms with Gasteiger partial charge in [0.2, 0.25) is 0 Å². The van der Waals surface area contributed by atoms with Crippen molar-refractivity contribution in [1.29, 1.82) is 0 Å². The van der Waals surface area contributed by atoms with Crippen LogP contribution in [0.5, 0.6) is 0 Å². The van der Waals surface area contributed by atoms with E-state index in [1.807, 2.05) is 51.2 Å². The first-order valence-corrected chi connectivity index (χ1v) is 10.4. The zero-order valence-electron chi connectivity index (χ0n) is 17.3. The number of aromatic nitrogens is 3. The van der Waals surface area contributed by atoms with Gasteiger partial charge in [0.1, 0.15) is 11.3 Å². The molecule has 0 bridgehead atoms.